The zero-order valence-electron chi connectivity index (χ0n) is 13.9. The summed E-state index contributed by atoms with van der Waals surface area (Å²) in [7, 11) is 0. The third kappa shape index (κ3) is 4.19. The Morgan fingerprint density at radius 3 is 2.57 bits per heavy atom. The third-order valence-electron chi connectivity index (χ3n) is 5.12. The first kappa shape index (κ1) is 16.8. The van der Waals surface area contributed by atoms with Crippen molar-refractivity contribution in [2.24, 2.45) is 17.6 Å². The molecule has 0 aliphatic heterocycles. The number of rotatable bonds is 8. The fraction of sp³-hybridized carbons (Fsp3) is 0.941. The zero-order valence-corrected chi connectivity index (χ0v) is 13.9. The summed E-state index contributed by atoms with van der Waals surface area (Å²) in [5, 5.41) is 3.42. The van der Waals surface area contributed by atoms with Crippen molar-refractivity contribution in [1.82, 2.24) is 5.32 Å². The summed E-state index contributed by atoms with van der Waals surface area (Å²) in [4.78, 5) is 12.1. The lowest BCUT2D eigenvalue weighted by Crippen LogP contribution is -2.62. The van der Waals surface area contributed by atoms with Gasteiger partial charge in [-0.1, -0.05) is 26.2 Å². The lowest BCUT2D eigenvalue weighted by molar-refractivity contribution is -0.131. The Labute approximate surface area is 129 Å². The molecule has 0 spiro atoms. The number of hydrogen-bond donors (Lipinski definition) is 2. The summed E-state index contributed by atoms with van der Waals surface area (Å²) in [5.74, 6) is 0.884. The summed E-state index contributed by atoms with van der Waals surface area (Å²) < 4.78 is 6.18. The topological polar surface area (TPSA) is 64.3 Å². The Balaban J connectivity index is 1.96. The van der Waals surface area contributed by atoms with Crippen molar-refractivity contribution < 1.29 is 9.53 Å². The first-order chi connectivity index (χ1) is 9.98. The minimum absolute atomic E-state index is 0.233. The van der Waals surface area contributed by atoms with E-state index in [0.717, 1.165) is 31.6 Å². The van der Waals surface area contributed by atoms with E-state index in [1.165, 1.54) is 19.3 Å². The molecule has 122 valence electrons. The van der Waals surface area contributed by atoms with E-state index >= 15 is 0 Å². The van der Waals surface area contributed by atoms with Gasteiger partial charge >= 0.3 is 0 Å². The molecule has 2 rings (SSSR count). The molecular formula is C17H32N2O2. The van der Waals surface area contributed by atoms with Crippen LogP contribution >= 0.6 is 0 Å². The van der Waals surface area contributed by atoms with E-state index in [1.54, 1.807) is 0 Å². The number of amides is 1. The Hall–Kier alpha value is -0.610. The summed E-state index contributed by atoms with van der Waals surface area (Å²) in [6.45, 7) is 6.82. The minimum Gasteiger partial charge on any atom is -0.376 e. The Bertz CT molecular complexity index is 355. The molecule has 3 atom stereocenters. The van der Waals surface area contributed by atoms with Gasteiger partial charge in [-0.15, -0.1) is 0 Å². The van der Waals surface area contributed by atoms with E-state index in [9.17, 15) is 4.79 Å². The average Bonchev–Trinajstić information content (AvgIpc) is 3.28. The molecule has 4 heteroatoms. The monoisotopic (exact) mass is 296 g/mol. The number of ether oxygens (including phenoxy) is 1. The molecule has 2 fully saturated rings. The second-order valence-electron chi connectivity index (χ2n) is 7.28. The number of nitrogens with one attached hydrogen (secondary N) is 1. The van der Waals surface area contributed by atoms with Crippen LogP contribution in [0.1, 0.15) is 65.7 Å². The van der Waals surface area contributed by atoms with Crippen LogP contribution < -0.4 is 11.1 Å². The van der Waals surface area contributed by atoms with Gasteiger partial charge < -0.3 is 10.5 Å². The highest BCUT2D eigenvalue weighted by Crippen LogP contribution is 2.41. The van der Waals surface area contributed by atoms with E-state index in [4.69, 9.17) is 10.5 Å². The molecule has 0 aromatic carbocycles. The van der Waals surface area contributed by atoms with Gasteiger partial charge in [-0.25, -0.2) is 0 Å². The normalized spacial score (nSPS) is 29.3. The molecule has 0 saturated heterocycles. The van der Waals surface area contributed by atoms with Crippen molar-refractivity contribution in [1.29, 1.82) is 0 Å². The van der Waals surface area contributed by atoms with Crippen LogP contribution in [0.4, 0.5) is 0 Å². The number of hydrogen-bond acceptors (Lipinski definition) is 3. The van der Waals surface area contributed by atoms with E-state index in [0.29, 0.717) is 18.6 Å². The van der Waals surface area contributed by atoms with Gasteiger partial charge in [-0.05, 0) is 51.4 Å². The van der Waals surface area contributed by atoms with Gasteiger partial charge in [-0.2, -0.15) is 0 Å². The average molecular weight is 296 g/mol. The van der Waals surface area contributed by atoms with Crippen molar-refractivity contribution in [2.75, 3.05) is 6.61 Å². The molecule has 2 aliphatic carbocycles. The highest BCUT2D eigenvalue weighted by Gasteiger charge is 2.50. The van der Waals surface area contributed by atoms with E-state index in [-0.39, 0.29) is 11.9 Å². The lowest BCUT2D eigenvalue weighted by Gasteiger charge is -2.36. The Morgan fingerprint density at radius 2 is 2.05 bits per heavy atom. The number of primary amides is 1. The largest absolute Gasteiger partial charge is 0.376 e. The van der Waals surface area contributed by atoms with Crippen LogP contribution in [0.25, 0.3) is 0 Å². The molecule has 1 amide bonds. The molecule has 2 aliphatic rings. The fourth-order valence-corrected chi connectivity index (χ4v) is 3.73. The minimum atomic E-state index is -0.659. The smallest absolute Gasteiger partial charge is 0.240 e. The van der Waals surface area contributed by atoms with Crippen LogP contribution in [-0.4, -0.2) is 30.2 Å². The molecule has 0 heterocycles. The zero-order chi connectivity index (χ0) is 15.5. The van der Waals surface area contributed by atoms with Crippen LogP contribution in [-0.2, 0) is 9.53 Å². The molecule has 4 nitrogen and oxygen atoms in total. The van der Waals surface area contributed by atoms with Crippen molar-refractivity contribution in [3.05, 3.63) is 0 Å². The van der Waals surface area contributed by atoms with Gasteiger partial charge in [0, 0.05) is 6.04 Å². The predicted octanol–water partition coefficient (Wildman–Crippen LogP) is 2.60. The van der Waals surface area contributed by atoms with Crippen molar-refractivity contribution in [3.63, 3.8) is 0 Å². The molecule has 21 heavy (non-hydrogen) atoms. The summed E-state index contributed by atoms with van der Waals surface area (Å²) in [6.07, 6.45) is 8.51. The first-order valence-electron chi connectivity index (χ1n) is 8.67. The Kier molecular flexibility index (Phi) is 5.67. The van der Waals surface area contributed by atoms with Crippen molar-refractivity contribution >= 4 is 5.91 Å². The maximum atomic E-state index is 12.1. The first-order valence-corrected chi connectivity index (χ1v) is 8.67. The molecular weight excluding hydrogens is 264 g/mol. The second-order valence-corrected chi connectivity index (χ2v) is 7.28. The summed E-state index contributed by atoms with van der Waals surface area (Å²) in [6, 6.07) is 0.233. The maximum absolute atomic E-state index is 12.1. The molecule has 3 N–H and O–H groups in total. The highest BCUT2D eigenvalue weighted by molar-refractivity contribution is 5.85. The van der Waals surface area contributed by atoms with E-state index < -0.39 is 5.54 Å². The van der Waals surface area contributed by atoms with Crippen molar-refractivity contribution in [3.8, 4) is 0 Å². The van der Waals surface area contributed by atoms with Crippen LogP contribution in [0.15, 0.2) is 0 Å². The van der Waals surface area contributed by atoms with Crippen LogP contribution in [0.5, 0.6) is 0 Å². The summed E-state index contributed by atoms with van der Waals surface area (Å²) >= 11 is 0. The highest BCUT2D eigenvalue weighted by atomic mass is 16.5. The Morgan fingerprint density at radius 1 is 1.33 bits per heavy atom. The molecule has 0 aromatic heterocycles. The van der Waals surface area contributed by atoms with Gasteiger partial charge in [0.05, 0.1) is 12.7 Å². The van der Waals surface area contributed by atoms with Crippen LogP contribution in [0, 0.1) is 11.8 Å². The molecule has 0 radical (unpaired) electrons. The molecule has 0 aromatic rings. The quantitative estimate of drug-likeness (QED) is 0.723. The SMILES string of the molecule is CCC1CCCC(OCC(NC(C)C)(C(N)=O)C2CC2)C1. The maximum Gasteiger partial charge on any atom is 0.240 e. The molecule has 3 unspecified atom stereocenters. The second kappa shape index (κ2) is 7.10. The predicted molar refractivity (Wildman–Crippen MR) is 84.9 cm³/mol. The van der Waals surface area contributed by atoms with Crippen LogP contribution in [0.3, 0.4) is 0 Å². The van der Waals surface area contributed by atoms with Gasteiger partial charge in [0.1, 0.15) is 5.54 Å². The molecule has 0 bridgehead atoms. The van der Waals surface area contributed by atoms with Gasteiger partial charge in [-0.3, -0.25) is 10.1 Å². The van der Waals surface area contributed by atoms with Gasteiger partial charge in [0.15, 0.2) is 0 Å². The van der Waals surface area contributed by atoms with Gasteiger partial charge in [0.2, 0.25) is 5.91 Å². The van der Waals surface area contributed by atoms with E-state index in [1.807, 2.05) is 0 Å². The fourth-order valence-electron chi connectivity index (χ4n) is 3.73. The third-order valence-corrected chi connectivity index (χ3v) is 5.12. The van der Waals surface area contributed by atoms with Crippen molar-refractivity contribution in [2.45, 2.75) is 83.4 Å². The summed E-state index contributed by atoms with van der Waals surface area (Å²) in [5.41, 5.74) is 5.09. The number of carbonyl (C=O) groups excluding carboxylic acids is 1. The number of nitrogens with two attached hydrogens (primary N) is 1. The number of carbonyl (C=O) groups is 1. The van der Waals surface area contributed by atoms with Gasteiger partial charge in [0.25, 0.3) is 0 Å². The van der Waals surface area contributed by atoms with Crippen LogP contribution in [0.2, 0.25) is 0 Å². The van der Waals surface area contributed by atoms with E-state index in [2.05, 4.69) is 26.1 Å². The standard InChI is InChI=1S/C17H32N2O2/c1-4-13-6-5-7-15(10-13)21-11-17(16(18)20,14-8-9-14)19-12(2)3/h12-15,19H,4-11H2,1-3H3,(H2,18,20). The lowest BCUT2D eigenvalue weighted by atomic mass is 9.85. The molecule has 2 saturated carbocycles.